The maximum Gasteiger partial charge on any atom is 0.254 e. The van der Waals surface area contributed by atoms with Crippen LogP contribution in [0.1, 0.15) is 21.6 Å². The lowest BCUT2D eigenvalue weighted by atomic mass is 10.0. The highest BCUT2D eigenvalue weighted by Gasteiger charge is 2.18. The Morgan fingerprint density at radius 2 is 1.76 bits per heavy atom. The van der Waals surface area contributed by atoms with E-state index in [4.69, 9.17) is 4.74 Å². The minimum Gasteiger partial charge on any atom is -0.378 e. The number of carbonyl (C=O) groups excluding carboxylic acids is 1. The monoisotopic (exact) mass is 447 g/mol. The molecule has 0 aliphatic carbocycles. The molecule has 0 spiro atoms. The lowest BCUT2D eigenvalue weighted by molar-refractivity contribution is 0.0303. The van der Waals surface area contributed by atoms with E-state index in [-0.39, 0.29) is 5.91 Å². The smallest absolute Gasteiger partial charge is 0.254 e. The average Bonchev–Trinajstić information content (AvgIpc) is 3.54. The van der Waals surface area contributed by atoms with Gasteiger partial charge in [0.15, 0.2) is 0 Å². The highest BCUT2D eigenvalue weighted by atomic mass is 16.5. The summed E-state index contributed by atoms with van der Waals surface area (Å²) >= 11 is 0. The number of rotatable bonds is 2. The van der Waals surface area contributed by atoms with Crippen LogP contribution < -0.4 is 0 Å². The van der Waals surface area contributed by atoms with Crippen molar-refractivity contribution in [2.45, 2.75) is 0 Å². The average molecular weight is 447 g/mol. The van der Waals surface area contributed by atoms with E-state index < -0.39 is 0 Å². The van der Waals surface area contributed by atoms with Crippen molar-refractivity contribution in [1.82, 2.24) is 24.3 Å². The molecule has 0 unspecified atom stereocenters. The molecule has 1 N–H and O–H groups in total. The molecule has 1 saturated heterocycles. The second-order valence-corrected chi connectivity index (χ2v) is 8.16. The number of nitrogens with zero attached hydrogens (tertiary/aromatic N) is 4. The molecule has 0 saturated carbocycles. The quantitative estimate of drug-likeness (QED) is 0.418. The maximum absolute atomic E-state index is 12.7. The zero-order valence-electron chi connectivity index (χ0n) is 18.4. The van der Waals surface area contributed by atoms with Crippen molar-refractivity contribution in [2.75, 3.05) is 26.3 Å². The zero-order valence-corrected chi connectivity index (χ0v) is 18.4. The molecule has 1 fully saturated rings. The van der Waals surface area contributed by atoms with Gasteiger partial charge in [0.1, 0.15) is 11.3 Å². The molecule has 3 aromatic heterocycles. The molecule has 2 aromatic carbocycles. The molecule has 4 heterocycles. The summed E-state index contributed by atoms with van der Waals surface area (Å²) in [5.41, 5.74) is 7.15. The van der Waals surface area contributed by atoms with Gasteiger partial charge in [0.25, 0.3) is 5.91 Å². The number of hydrogen-bond acceptors (Lipinski definition) is 4. The summed E-state index contributed by atoms with van der Waals surface area (Å²) in [5, 5.41) is 0. The van der Waals surface area contributed by atoms with Gasteiger partial charge in [-0.25, -0.2) is 9.97 Å². The number of amides is 1. The topological polar surface area (TPSA) is 75.5 Å². The van der Waals surface area contributed by atoms with Crippen molar-refractivity contribution in [2.24, 2.45) is 0 Å². The number of hydrogen-bond donors (Lipinski definition) is 1. The predicted molar refractivity (Wildman–Crippen MR) is 129 cm³/mol. The third kappa shape index (κ3) is 3.81. The molecule has 34 heavy (non-hydrogen) atoms. The minimum atomic E-state index is 0.0468. The Hall–Kier alpha value is -4.41. The van der Waals surface area contributed by atoms with E-state index in [0.29, 0.717) is 31.9 Å². The van der Waals surface area contributed by atoms with Crippen LogP contribution >= 0.6 is 0 Å². The molecule has 0 atom stereocenters. The summed E-state index contributed by atoms with van der Waals surface area (Å²) in [7, 11) is 0. The van der Waals surface area contributed by atoms with Crippen LogP contribution in [-0.2, 0) is 4.74 Å². The van der Waals surface area contributed by atoms with Gasteiger partial charge in [-0.1, -0.05) is 18.1 Å². The van der Waals surface area contributed by atoms with Gasteiger partial charge < -0.3 is 14.6 Å². The van der Waals surface area contributed by atoms with Gasteiger partial charge in [0, 0.05) is 30.4 Å². The summed E-state index contributed by atoms with van der Waals surface area (Å²) in [5.74, 6) is 6.49. The SMILES string of the molecule is O=C(c1ccc(-c2ccc3ncc(C#Cc4ccc5[nH]cnc5c4)n3c2)cc1)N1CCOCC1. The number of carbonyl (C=O) groups is 1. The molecular weight excluding hydrogens is 426 g/mol. The van der Waals surface area contributed by atoms with Crippen LogP contribution in [0.3, 0.4) is 0 Å². The molecule has 0 radical (unpaired) electrons. The van der Waals surface area contributed by atoms with Crippen molar-refractivity contribution in [3.8, 4) is 23.0 Å². The molecule has 1 amide bonds. The first-order valence-electron chi connectivity index (χ1n) is 11.1. The number of aromatic nitrogens is 4. The Morgan fingerprint density at radius 1 is 0.941 bits per heavy atom. The van der Waals surface area contributed by atoms with E-state index in [0.717, 1.165) is 39.1 Å². The second kappa shape index (κ2) is 8.50. The number of ether oxygens (including phenoxy) is 1. The van der Waals surface area contributed by atoms with Crippen LogP contribution in [0, 0.1) is 11.8 Å². The minimum absolute atomic E-state index is 0.0468. The van der Waals surface area contributed by atoms with Gasteiger partial charge in [0.05, 0.1) is 36.8 Å². The highest BCUT2D eigenvalue weighted by molar-refractivity contribution is 5.94. The van der Waals surface area contributed by atoms with Crippen molar-refractivity contribution in [3.63, 3.8) is 0 Å². The summed E-state index contributed by atoms with van der Waals surface area (Å²) in [6.45, 7) is 2.46. The number of aromatic amines is 1. The predicted octanol–water partition coefficient (Wildman–Crippen LogP) is 3.75. The maximum atomic E-state index is 12.7. The van der Waals surface area contributed by atoms with Crippen molar-refractivity contribution in [3.05, 3.63) is 90.1 Å². The van der Waals surface area contributed by atoms with Gasteiger partial charge in [-0.15, -0.1) is 0 Å². The molecule has 6 rings (SSSR count). The van der Waals surface area contributed by atoms with Crippen molar-refractivity contribution >= 4 is 22.6 Å². The van der Waals surface area contributed by atoms with E-state index in [2.05, 4.69) is 26.8 Å². The van der Waals surface area contributed by atoms with Crippen molar-refractivity contribution < 1.29 is 9.53 Å². The summed E-state index contributed by atoms with van der Waals surface area (Å²) in [6, 6.07) is 17.7. The molecule has 166 valence electrons. The van der Waals surface area contributed by atoms with Crippen LogP contribution in [-0.4, -0.2) is 56.5 Å². The lowest BCUT2D eigenvalue weighted by Gasteiger charge is -2.26. The number of nitrogens with one attached hydrogen (secondary N) is 1. The van der Waals surface area contributed by atoms with E-state index in [9.17, 15) is 4.79 Å². The van der Waals surface area contributed by atoms with Crippen LogP contribution in [0.2, 0.25) is 0 Å². The van der Waals surface area contributed by atoms with Gasteiger partial charge in [0.2, 0.25) is 0 Å². The normalized spacial score (nSPS) is 13.7. The summed E-state index contributed by atoms with van der Waals surface area (Å²) < 4.78 is 7.33. The first kappa shape index (κ1) is 20.2. The number of H-pyrrole nitrogens is 1. The van der Waals surface area contributed by atoms with E-state index in [1.54, 1.807) is 12.5 Å². The Bertz CT molecular complexity index is 1560. The molecule has 1 aliphatic heterocycles. The van der Waals surface area contributed by atoms with E-state index >= 15 is 0 Å². The second-order valence-electron chi connectivity index (χ2n) is 8.16. The van der Waals surface area contributed by atoms with E-state index in [1.165, 1.54) is 0 Å². The first-order valence-corrected chi connectivity index (χ1v) is 11.1. The Balaban J connectivity index is 1.27. The Morgan fingerprint density at radius 3 is 2.62 bits per heavy atom. The molecule has 7 nitrogen and oxygen atoms in total. The number of pyridine rings is 1. The molecule has 0 bridgehead atoms. The first-order chi connectivity index (χ1) is 16.7. The summed E-state index contributed by atoms with van der Waals surface area (Å²) in [4.78, 5) is 26.4. The van der Waals surface area contributed by atoms with Crippen LogP contribution in [0.5, 0.6) is 0 Å². The van der Waals surface area contributed by atoms with Gasteiger partial charge in [-0.2, -0.15) is 0 Å². The van der Waals surface area contributed by atoms with Crippen LogP contribution in [0.15, 0.2) is 73.3 Å². The van der Waals surface area contributed by atoms with Crippen LogP contribution in [0.4, 0.5) is 0 Å². The largest absolute Gasteiger partial charge is 0.378 e. The Kier molecular flexibility index (Phi) is 5.06. The fraction of sp³-hybridized carbons (Fsp3) is 0.148. The standard InChI is InChI=1S/C27H21N5O2/c33-27(31-11-13-34-14-12-31)21-5-3-20(4-6-21)22-7-10-26-28-16-23(32(26)17-22)8-1-19-2-9-24-25(15-19)30-18-29-24/h2-7,9-10,15-18H,11-14H2,(H,29,30). The van der Waals surface area contributed by atoms with Gasteiger partial charge in [-0.05, 0) is 59.5 Å². The third-order valence-corrected chi connectivity index (χ3v) is 6.03. The molecule has 1 aliphatic rings. The number of morpholine rings is 1. The van der Waals surface area contributed by atoms with Crippen molar-refractivity contribution in [1.29, 1.82) is 0 Å². The fourth-order valence-corrected chi connectivity index (χ4v) is 4.14. The molecular formula is C27H21N5O2. The number of benzene rings is 2. The fourth-order valence-electron chi connectivity index (χ4n) is 4.14. The molecule has 5 aromatic rings. The van der Waals surface area contributed by atoms with Gasteiger partial charge >= 0.3 is 0 Å². The van der Waals surface area contributed by atoms with Crippen LogP contribution in [0.25, 0.3) is 27.8 Å². The number of fused-ring (bicyclic) bond motifs is 2. The number of imidazole rings is 2. The van der Waals surface area contributed by atoms with Gasteiger partial charge in [-0.3, -0.25) is 9.20 Å². The lowest BCUT2D eigenvalue weighted by Crippen LogP contribution is -2.40. The zero-order chi connectivity index (χ0) is 22.9. The third-order valence-electron chi connectivity index (χ3n) is 6.03. The Labute approximate surface area is 196 Å². The summed E-state index contributed by atoms with van der Waals surface area (Å²) in [6.07, 6.45) is 5.49. The van der Waals surface area contributed by atoms with E-state index in [1.807, 2.05) is 70.1 Å². The molecule has 7 heteroatoms. The highest BCUT2D eigenvalue weighted by Crippen LogP contribution is 2.22.